The van der Waals surface area contributed by atoms with Crippen LogP contribution < -0.4 is 5.73 Å². The molecular formula is C17H24N2O2. The van der Waals surface area contributed by atoms with E-state index in [1.54, 1.807) is 0 Å². The molecule has 4 heteroatoms. The van der Waals surface area contributed by atoms with Crippen molar-refractivity contribution in [2.24, 2.45) is 5.41 Å². The Morgan fingerprint density at radius 3 is 2.76 bits per heavy atom. The summed E-state index contributed by atoms with van der Waals surface area (Å²) >= 11 is 0. The highest BCUT2D eigenvalue weighted by molar-refractivity contribution is 5.77. The number of aryl methyl sites for hydroxylation is 1. The Hall–Kier alpha value is -1.55. The first kappa shape index (κ1) is 14.4. The highest BCUT2D eigenvalue weighted by Crippen LogP contribution is 2.39. The number of ether oxygens (including phenoxy) is 1. The highest BCUT2D eigenvalue weighted by Gasteiger charge is 2.40. The molecule has 3 rings (SSSR count). The number of nitrogens with two attached hydrogens (primary N) is 1. The van der Waals surface area contributed by atoms with Gasteiger partial charge in [-0.2, -0.15) is 0 Å². The third-order valence-electron chi connectivity index (χ3n) is 5.01. The van der Waals surface area contributed by atoms with E-state index < -0.39 is 0 Å². The maximum absolute atomic E-state index is 12.4. The normalized spacial score (nSPS) is 20.9. The first-order valence-electron chi connectivity index (χ1n) is 7.87. The molecule has 0 atom stereocenters. The summed E-state index contributed by atoms with van der Waals surface area (Å²) in [5.41, 5.74) is 8.13. The quantitative estimate of drug-likeness (QED) is 0.868. The van der Waals surface area contributed by atoms with Crippen molar-refractivity contribution < 1.29 is 9.53 Å². The number of benzene rings is 1. The lowest BCUT2D eigenvalue weighted by Gasteiger charge is -2.33. The molecule has 0 aromatic heterocycles. The molecule has 114 valence electrons. The van der Waals surface area contributed by atoms with Gasteiger partial charge in [-0.25, -0.2) is 0 Å². The number of nitrogen functional groups attached to an aromatic ring is 1. The Bertz CT molecular complexity index is 509. The predicted molar refractivity (Wildman–Crippen MR) is 82.9 cm³/mol. The van der Waals surface area contributed by atoms with Gasteiger partial charge in [0.1, 0.15) is 0 Å². The average Bonchev–Trinajstić information content (AvgIpc) is 2.90. The molecule has 2 N–H and O–H groups in total. The summed E-state index contributed by atoms with van der Waals surface area (Å²) in [6.45, 7) is 3.52. The van der Waals surface area contributed by atoms with Crippen LogP contribution in [-0.4, -0.2) is 37.1 Å². The van der Waals surface area contributed by atoms with E-state index in [1.807, 2.05) is 29.2 Å². The van der Waals surface area contributed by atoms with E-state index in [2.05, 4.69) is 0 Å². The summed E-state index contributed by atoms with van der Waals surface area (Å²) in [7, 11) is 0. The molecule has 1 aromatic carbocycles. The van der Waals surface area contributed by atoms with Gasteiger partial charge in [-0.05, 0) is 42.7 Å². The topological polar surface area (TPSA) is 55.6 Å². The predicted octanol–water partition coefficient (Wildman–Crippen LogP) is 2.23. The second kappa shape index (κ2) is 6.06. The van der Waals surface area contributed by atoms with E-state index in [0.717, 1.165) is 63.2 Å². The second-order valence-corrected chi connectivity index (χ2v) is 6.38. The molecule has 2 fully saturated rings. The Morgan fingerprint density at radius 2 is 2.00 bits per heavy atom. The lowest BCUT2D eigenvalue weighted by Crippen LogP contribution is -2.35. The number of hydrogen-bond acceptors (Lipinski definition) is 3. The maximum atomic E-state index is 12.4. The molecule has 0 aliphatic carbocycles. The third-order valence-corrected chi connectivity index (χ3v) is 5.01. The van der Waals surface area contributed by atoms with Gasteiger partial charge in [0.2, 0.25) is 5.91 Å². The summed E-state index contributed by atoms with van der Waals surface area (Å²) in [6, 6.07) is 7.80. The molecule has 1 spiro atoms. The van der Waals surface area contributed by atoms with E-state index in [-0.39, 0.29) is 5.91 Å². The van der Waals surface area contributed by atoms with Gasteiger partial charge in [0.25, 0.3) is 0 Å². The van der Waals surface area contributed by atoms with E-state index in [9.17, 15) is 4.79 Å². The summed E-state index contributed by atoms with van der Waals surface area (Å²) < 4.78 is 5.45. The van der Waals surface area contributed by atoms with E-state index in [4.69, 9.17) is 10.5 Å². The standard InChI is InChI=1S/C17H24N2O2/c18-15-4-2-1-3-14(15)5-6-16(20)19-10-7-17(13-19)8-11-21-12-9-17/h1-4H,5-13,18H2. The molecule has 0 unspecified atom stereocenters. The molecule has 2 aliphatic heterocycles. The van der Waals surface area contributed by atoms with Gasteiger partial charge in [-0.15, -0.1) is 0 Å². The van der Waals surface area contributed by atoms with Gasteiger partial charge < -0.3 is 15.4 Å². The molecule has 2 aliphatic rings. The summed E-state index contributed by atoms with van der Waals surface area (Å²) in [4.78, 5) is 14.5. The number of para-hydroxylation sites is 1. The lowest BCUT2D eigenvalue weighted by molar-refractivity contribution is -0.130. The van der Waals surface area contributed by atoms with Gasteiger partial charge in [0, 0.05) is 38.4 Å². The van der Waals surface area contributed by atoms with Gasteiger partial charge >= 0.3 is 0 Å². The van der Waals surface area contributed by atoms with Crippen LogP contribution in [0.1, 0.15) is 31.2 Å². The number of rotatable bonds is 3. The van der Waals surface area contributed by atoms with Gasteiger partial charge in [-0.3, -0.25) is 4.79 Å². The van der Waals surface area contributed by atoms with Crippen LogP contribution in [0.4, 0.5) is 5.69 Å². The van der Waals surface area contributed by atoms with Crippen LogP contribution in [0.2, 0.25) is 0 Å². The van der Waals surface area contributed by atoms with Crippen molar-refractivity contribution in [2.75, 3.05) is 32.0 Å². The van der Waals surface area contributed by atoms with Crippen LogP contribution in [0.5, 0.6) is 0 Å². The van der Waals surface area contributed by atoms with Crippen molar-refractivity contribution in [3.05, 3.63) is 29.8 Å². The fraction of sp³-hybridized carbons (Fsp3) is 0.588. The number of carbonyl (C=O) groups excluding carboxylic acids is 1. The Morgan fingerprint density at radius 1 is 1.24 bits per heavy atom. The first-order valence-corrected chi connectivity index (χ1v) is 7.87. The minimum absolute atomic E-state index is 0.265. The third kappa shape index (κ3) is 3.21. The zero-order chi connectivity index (χ0) is 14.7. The van der Waals surface area contributed by atoms with Gasteiger partial charge in [-0.1, -0.05) is 18.2 Å². The van der Waals surface area contributed by atoms with Crippen LogP contribution in [0.15, 0.2) is 24.3 Å². The minimum Gasteiger partial charge on any atom is -0.399 e. The Balaban J connectivity index is 1.53. The zero-order valence-electron chi connectivity index (χ0n) is 12.5. The molecule has 1 amide bonds. The number of anilines is 1. The van der Waals surface area contributed by atoms with E-state index in [1.165, 1.54) is 0 Å². The van der Waals surface area contributed by atoms with Crippen LogP contribution in [0, 0.1) is 5.41 Å². The number of likely N-dealkylation sites (tertiary alicyclic amines) is 1. The number of nitrogens with zero attached hydrogens (tertiary/aromatic N) is 1. The van der Waals surface area contributed by atoms with Gasteiger partial charge in [0.15, 0.2) is 0 Å². The molecule has 2 saturated heterocycles. The van der Waals surface area contributed by atoms with Crippen LogP contribution in [-0.2, 0) is 16.0 Å². The van der Waals surface area contributed by atoms with Crippen molar-refractivity contribution in [3.63, 3.8) is 0 Å². The zero-order valence-corrected chi connectivity index (χ0v) is 12.5. The fourth-order valence-electron chi connectivity index (χ4n) is 3.52. The van der Waals surface area contributed by atoms with Crippen molar-refractivity contribution in [2.45, 2.75) is 32.1 Å². The molecular weight excluding hydrogens is 264 g/mol. The maximum Gasteiger partial charge on any atom is 0.222 e. The number of hydrogen-bond donors (Lipinski definition) is 1. The minimum atomic E-state index is 0.265. The van der Waals surface area contributed by atoms with Crippen molar-refractivity contribution >= 4 is 11.6 Å². The van der Waals surface area contributed by atoms with Crippen LogP contribution in [0.3, 0.4) is 0 Å². The van der Waals surface area contributed by atoms with E-state index in [0.29, 0.717) is 11.8 Å². The van der Waals surface area contributed by atoms with Crippen molar-refractivity contribution in [1.82, 2.24) is 4.90 Å². The molecule has 0 radical (unpaired) electrons. The van der Waals surface area contributed by atoms with E-state index >= 15 is 0 Å². The Labute approximate surface area is 126 Å². The van der Waals surface area contributed by atoms with Crippen LogP contribution in [0.25, 0.3) is 0 Å². The molecule has 1 aromatic rings. The van der Waals surface area contributed by atoms with Crippen molar-refractivity contribution in [3.8, 4) is 0 Å². The average molecular weight is 288 g/mol. The lowest BCUT2D eigenvalue weighted by atomic mass is 9.80. The smallest absolute Gasteiger partial charge is 0.222 e. The summed E-state index contributed by atoms with van der Waals surface area (Å²) in [6.07, 6.45) is 4.62. The molecule has 21 heavy (non-hydrogen) atoms. The molecule has 2 heterocycles. The molecule has 4 nitrogen and oxygen atoms in total. The highest BCUT2D eigenvalue weighted by atomic mass is 16.5. The first-order chi connectivity index (χ1) is 10.2. The van der Waals surface area contributed by atoms with Crippen LogP contribution >= 0.6 is 0 Å². The number of amides is 1. The summed E-state index contributed by atoms with van der Waals surface area (Å²) in [5, 5.41) is 0. The Kier molecular flexibility index (Phi) is 4.15. The SMILES string of the molecule is Nc1ccccc1CCC(=O)N1CCC2(CCOCC2)C1. The van der Waals surface area contributed by atoms with Gasteiger partial charge in [0.05, 0.1) is 0 Å². The van der Waals surface area contributed by atoms with Crippen molar-refractivity contribution in [1.29, 1.82) is 0 Å². The fourth-order valence-corrected chi connectivity index (χ4v) is 3.52. The monoisotopic (exact) mass is 288 g/mol. The molecule has 0 saturated carbocycles. The largest absolute Gasteiger partial charge is 0.399 e. The second-order valence-electron chi connectivity index (χ2n) is 6.38. The number of carbonyl (C=O) groups is 1. The molecule has 0 bridgehead atoms. The summed E-state index contributed by atoms with van der Waals surface area (Å²) in [5.74, 6) is 0.265.